The first-order chi connectivity index (χ1) is 12.0. The zero-order valence-corrected chi connectivity index (χ0v) is 14.4. The van der Waals surface area contributed by atoms with Crippen molar-refractivity contribution >= 4 is 28.3 Å². The maximum Gasteiger partial charge on any atom is 0.339 e. The lowest BCUT2D eigenvalue weighted by atomic mass is 10.1. The number of fused-ring (bicyclic) bond motifs is 3. The van der Waals surface area contributed by atoms with Gasteiger partial charge in [-0.15, -0.1) is 0 Å². The van der Waals surface area contributed by atoms with Crippen molar-refractivity contribution in [2.24, 2.45) is 0 Å². The Bertz CT molecular complexity index is 1100. The Hall–Kier alpha value is -2.67. The summed E-state index contributed by atoms with van der Waals surface area (Å²) in [7, 11) is 0. The van der Waals surface area contributed by atoms with Gasteiger partial charge in [-0.3, -0.25) is 9.36 Å². The summed E-state index contributed by atoms with van der Waals surface area (Å²) in [5, 5.41) is 2.58. The number of aryl methyl sites for hydroxylation is 2. The highest BCUT2D eigenvalue weighted by Crippen LogP contribution is 2.29. The minimum Gasteiger partial charge on any atom is -0.425 e. The number of hydrogen-bond donors (Lipinski definition) is 0. The number of ether oxygens (including phenoxy) is 1. The number of esters is 1. The number of carbonyl (C=O) groups is 1. The van der Waals surface area contributed by atoms with Gasteiger partial charge in [-0.2, -0.15) is 0 Å². The quantitative estimate of drug-likeness (QED) is 0.409. The Morgan fingerprint density at radius 1 is 1.28 bits per heavy atom. The molecule has 0 N–H and O–H groups in total. The molecule has 0 atom stereocenters. The predicted octanol–water partition coefficient (Wildman–Crippen LogP) is 2.42. The molecule has 0 bridgehead atoms. The number of thiazole rings is 1. The Labute approximate surface area is 146 Å². The topological polar surface area (TPSA) is 78.5 Å². The predicted molar refractivity (Wildman–Crippen MR) is 93.5 cm³/mol. The van der Waals surface area contributed by atoms with Crippen LogP contribution in [0, 0.1) is 6.92 Å². The van der Waals surface area contributed by atoms with Gasteiger partial charge in [0.1, 0.15) is 17.9 Å². The molecular formula is C18H15NO5S. The van der Waals surface area contributed by atoms with Gasteiger partial charge in [0.2, 0.25) is 0 Å². The van der Waals surface area contributed by atoms with Crippen molar-refractivity contribution in [2.45, 2.75) is 32.7 Å². The monoisotopic (exact) mass is 357 g/mol. The van der Waals surface area contributed by atoms with Crippen LogP contribution < -0.4 is 15.2 Å². The third kappa shape index (κ3) is 2.80. The molecule has 1 aromatic carbocycles. The minimum absolute atomic E-state index is 0.152. The van der Waals surface area contributed by atoms with Gasteiger partial charge in [0.05, 0.1) is 0 Å². The molecule has 25 heavy (non-hydrogen) atoms. The van der Waals surface area contributed by atoms with Crippen LogP contribution in [0.25, 0.3) is 11.0 Å². The Balaban J connectivity index is 1.62. The van der Waals surface area contributed by atoms with E-state index < -0.39 is 5.97 Å². The number of carbonyl (C=O) groups excluding carboxylic acids is 1. The summed E-state index contributed by atoms with van der Waals surface area (Å²) in [5.74, 6) is -0.258. The smallest absolute Gasteiger partial charge is 0.339 e. The molecular weight excluding hydrogens is 342 g/mol. The van der Waals surface area contributed by atoms with Gasteiger partial charge in [-0.05, 0) is 43.9 Å². The fourth-order valence-electron chi connectivity index (χ4n) is 3.22. The van der Waals surface area contributed by atoms with Crippen LogP contribution in [0.5, 0.6) is 5.75 Å². The van der Waals surface area contributed by atoms with Crippen molar-refractivity contribution in [2.75, 3.05) is 0 Å². The SMILES string of the molecule is Cc1csc(=O)n1CC(=O)Oc1ccc2c3c(c(=O)oc2c1)CCC3. The van der Waals surface area contributed by atoms with Crippen LogP contribution in [0.4, 0.5) is 0 Å². The van der Waals surface area contributed by atoms with Crippen LogP contribution in [-0.2, 0) is 24.2 Å². The third-order valence-electron chi connectivity index (χ3n) is 4.44. The van der Waals surface area contributed by atoms with Crippen LogP contribution in [0.1, 0.15) is 23.2 Å². The number of rotatable bonds is 3. The summed E-state index contributed by atoms with van der Waals surface area (Å²) in [6.45, 7) is 1.61. The highest BCUT2D eigenvalue weighted by Gasteiger charge is 2.20. The van der Waals surface area contributed by atoms with E-state index in [1.54, 1.807) is 24.4 Å². The van der Waals surface area contributed by atoms with Crippen LogP contribution in [0.2, 0.25) is 0 Å². The molecule has 128 valence electrons. The van der Waals surface area contributed by atoms with E-state index in [2.05, 4.69) is 0 Å². The molecule has 1 aliphatic carbocycles. The van der Waals surface area contributed by atoms with Crippen molar-refractivity contribution in [3.8, 4) is 5.75 Å². The molecule has 0 unspecified atom stereocenters. The van der Waals surface area contributed by atoms with Crippen LogP contribution in [0.3, 0.4) is 0 Å². The number of nitrogens with zero attached hydrogens (tertiary/aromatic N) is 1. The number of aromatic nitrogens is 1. The zero-order valence-electron chi connectivity index (χ0n) is 13.5. The second-order valence-corrected chi connectivity index (χ2v) is 6.88. The first-order valence-electron chi connectivity index (χ1n) is 7.97. The first kappa shape index (κ1) is 15.8. The molecule has 0 fully saturated rings. The number of hydrogen-bond acceptors (Lipinski definition) is 6. The average Bonchev–Trinajstić information content (AvgIpc) is 3.18. The second-order valence-electron chi connectivity index (χ2n) is 6.06. The van der Waals surface area contributed by atoms with Crippen LogP contribution >= 0.6 is 11.3 Å². The highest BCUT2D eigenvalue weighted by atomic mass is 32.1. The lowest BCUT2D eigenvalue weighted by Gasteiger charge is -2.08. The molecule has 2 aromatic heterocycles. The molecule has 0 amide bonds. The van der Waals surface area contributed by atoms with E-state index in [0.29, 0.717) is 17.0 Å². The van der Waals surface area contributed by atoms with E-state index in [-0.39, 0.29) is 17.0 Å². The van der Waals surface area contributed by atoms with Crippen molar-refractivity contribution in [1.82, 2.24) is 4.57 Å². The van der Waals surface area contributed by atoms with Gasteiger partial charge in [-0.25, -0.2) is 9.59 Å². The Morgan fingerprint density at radius 3 is 2.84 bits per heavy atom. The summed E-state index contributed by atoms with van der Waals surface area (Å²) in [6.07, 6.45) is 2.56. The van der Waals surface area contributed by atoms with Crippen molar-refractivity contribution < 1.29 is 13.9 Å². The molecule has 0 saturated carbocycles. The van der Waals surface area contributed by atoms with Crippen molar-refractivity contribution in [3.05, 3.63) is 60.5 Å². The molecule has 6 nitrogen and oxygen atoms in total. The lowest BCUT2D eigenvalue weighted by Crippen LogP contribution is -2.23. The molecule has 0 radical (unpaired) electrons. The van der Waals surface area contributed by atoms with E-state index in [9.17, 15) is 14.4 Å². The van der Waals surface area contributed by atoms with Gasteiger partial charge < -0.3 is 9.15 Å². The van der Waals surface area contributed by atoms with Gasteiger partial charge in [-0.1, -0.05) is 11.3 Å². The summed E-state index contributed by atoms with van der Waals surface area (Å²) >= 11 is 1.04. The number of benzene rings is 1. The van der Waals surface area contributed by atoms with Crippen LogP contribution in [0.15, 0.2) is 37.6 Å². The lowest BCUT2D eigenvalue weighted by molar-refractivity contribution is -0.135. The first-order valence-corrected chi connectivity index (χ1v) is 8.85. The molecule has 1 aliphatic rings. The fraction of sp³-hybridized carbons (Fsp3) is 0.278. The minimum atomic E-state index is -0.550. The van der Waals surface area contributed by atoms with E-state index in [1.807, 2.05) is 6.07 Å². The molecule has 7 heteroatoms. The van der Waals surface area contributed by atoms with E-state index in [0.717, 1.165) is 47.1 Å². The average molecular weight is 357 g/mol. The summed E-state index contributed by atoms with van der Waals surface area (Å²) in [4.78, 5) is 35.6. The van der Waals surface area contributed by atoms with E-state index in [4.69, 9.17) is 9.15 Å². The molecule has 3 aromatic rings. The normalized spacial score (nSPS) is 13.2. The standard InChI is InChI=1S/C18H15NO5S/c1-10-9-25-18(22)19(10)8-16(20)23-11-5-6-13-12-3-2-4-14(12)17(21)24-15(13)7-11/h5-7,9H,2-4,8H2,1H3. The van der Waals surface area contributed by atoms with Crippen LogP contribution in [-0.4, -0.2) is 10.5 Å². The second kappa shape index (κ2) is 6.00. The fourth-order valence-corrected chi connectivity index (χ4v) is 3.95. The maximum atomic E-state index is 12.1. The van der Waals surface area contributed by atoms with E-state index >= 15 is 0 Å². The molecule has 0 aliphatic heterocycles. The van der Waals surface area contributed by atoms with Gasteiger partial charge in [0.15, 0.2) is 0 Å². The summed E-state index contributed by atoms with van der Waals surface area (Å²) in [5.41, 5.74) is 2.60. The molecule has 0 spiro atoms. The van der Waals surface area contributed by atoms with Crippen molar-refractivity contribution in [3.63, 3.8) is 0 Å². The largest absolute Gasteiger partial charge is 0.425 e. The third-order valence-corrected chi connectivity index (χ3v) is 5.32. The zero-order chi connectivity index (χ0) is 17.6. The molecule has 4 rings (SSSR count). The van der Waals surface area contributed by atoms with E-state index in [1.165, 1.54) is 4.57 Å². The maximum absolute atomic E-state index is 12.1. The van der Waals surface area contributed by atoms with Gasteiger partial charge >= 0.3 is 16.5 Å². The Morgan fingerprint density at radius 2 is 2.08 bits per heavy atom. The highest BCUT2D eigenvalue weighted by molar-refractivity contribution is 7.07. The molecule has 2 heterocycles. The summed E-state index contributed by atoms with van der Waals surface area (Å²) in [6, 6.07) is 5.05. The van der Waals surface area contributed by atoms with Gasteiger partial charge in [0.25, 0.3) is 0 Å². The van der Waals surface area contributed by atoms with Crippen molar-refractivity contribution in [1.29, 1.82) is 0 Å². The Kier molecular flexibility index (Phi) is 3.80. The molecule has 0 saturated heterocycles. The summed E-state index contributed by atoms with van der Waals surface area (Å²) < 4.78 is 12.0. The van der Waals surface area contributed by atoms with Gasteiger partial charge in [0, 0.05) is 28.1 Å².